The third kappa shape index (κ3) is 23.7. The van der Waals surface area contributed by atoms with Crippen molar-refractivity contribution in [2.24, 2.45) is 17.4 Å². The van der Waals surface area contributed by atoms with E-state index in [4.69, 9.17) is 88.9 Å². The van der Waals surface area contributed by atoms with Gasteiger partial charge in [0.15, 0.2) is 42.8 Å². The standard InChI is InChI=1S/C89H104Cl3N11O33P2/c1-36(2)22-52(95-7)79(115)102-69-71(110)43-15-20-56(50(91)24-43)131-58-26-45-27-59(75(58)136-86-76(73(112)72(111)60(34-104)133-86)135-64-32-89(6,78(114)38(4)130-64)96-33-39-8-10-40(11-9-39)41-12-17-46(90)18-13-41)132-57-21-16-44(25-51(57)92)74(134-63-31-88(5,94)77(113)37(3)129-63)70-84(120)101-68(85(121)128-35-62(109)98-87(137(122,123)124)138(125,126)127)49-28-47(105)29-55(107)65(49)48-23-42(14-19-54(48)106)66(81(117)103-70)100-82(118)67(45)99-80(116)53(30-61(93)108)97-83(69)119/h8-21,23-29,36-38,52-53,60,63-64,66-74,76-78,86-87,95-96,104-107,110-114H,22,30-35,94H2,1-7H3,(H2,93,108)(H,97,119)(H,98,109)(H,99,116)(H,100,118)(H,101,120)(H,102,115)(H,103,117)(H2,122,123,124)(H2,125,126,127)/t37?,38?,52?,53?,60?,63?,64?,66?,67?,68-,69?,70?,71+,72?,73?,74-,76?,77?,78?,86?,88+,89-/m1/s1. The monoisotopic (exact) mass is 2020 g/mol. The van der Waals surface area contributed by atoms with Crippen LogP contribution in [0.15, 0.2) is 127 Å². The molecule has 3 saturated heterocycles. The van der Waals surface area contributed by atoms with Gasteiger partial charge in [0.1, 0.15) is 89.5 Å². The van der Waals surface area contributed by atoms with E-state index < -0.39 is 317 Å². The summed E-state index contributed by atoms with van der Waals surface area (Å²) in [4.78, 5) is 176. The van der Waals surface area contributed by atoms with E-state index in [0.29, 0.717) is 11.1 Å². The predicted molar refractivity (Wildman–Crippen MR) is 485 cm³/mol. The Labute approximate surface area is 801 Å². The second-order valence-electron chi connectivity index (χ2n) is 35.1. The Morgan fingerprint density at radius 1 is 0.630 bits per heavy atom. The van der Waals surface area contributed by atoms with Crippen LogP contribution in [0.5, 0.6) is 46.0 Å². The molecule has 44 nitrogen and oxygen atoms in total. The highest BCUT2D eigenvalue weighted by Crippen LogP contribution is 2.59. The van der Waals surface area contributed by atoms with Crippen LogP contribution < -0.4 is 73.5 Å². The lowest BCUT2D eigenvalue weighted by atomic mass is 9.84. The summed E-state index contributed by atoms with van der Waals surface area (Å²) in [6.07, 6.45) is -24.3. The van der Waals surface area contributed by atoms with Gasteiger partial charge >= 0.3 is 21.2 Å². The molecule has 8 heterocycles. The molecule has 22 atom stereocenters. The molecule has 138 heavy (non-hydrogen) atoms. The lowest BCUT2D eigenvalue weighted by Crippen LogP contribution is -2.65. The molecule has 17 unspecified atom stereocenters. The van der Waals surface area contributed by atoms with Crippen molar-refractivity contribution < 1.29 is 160 Å². The molecule has 11 bridgehead atoms. The number of amides is 8. The van der Waals surface area contributed by atoms with Gasteiger partial charge in [-0.1, -0.05) is 103 Å². The summed E-state index contributed by atoms with van der Waals surface area (Å²) in [6.45, 7) is 7.01. The van der Waals surface area contributed by atoms with Crippen LogP contribution in [0, 0.1) is 5.92 Å². The van der Waals surface area contributed by atoms with Gasteiger partial charge < -0.3 is 167 Å². The number of hydrogen-bond donors (Lipinski definition) is 24. The van der Waals surface area contributed by atoms with Crippen molar-refractivity contribution in [2.45, 2.75) is 213 Å². The molecule has 7 aromatic carbocycles. The minimum absolute atomic E-state index is 0.153. The van der Waals surface area contributed by atoms with Crippen molar-refractivity contribution in [1.29, 1.82) is 0 Å². The van der Waals surface area contributed by atoms with E-state index in [9.17, 15) is 89.0 Å². The number of fused-ring (bicyclic) bond motifs is 15. The molecular formula is C89H104Cl3N11O33P2. The molecular weight excluding hydrogens is 1920 g/mol. The number of ether oxygens (including phenoxy) is 9. The van der Waals surface area contributed by atoms with Gasteiger partial charge in [-0.05, 0) is 153 Å². The Hall–Kier alpha value is -10.8. The number of benzene rings is 7. The van der Waals surface area contributed by atoms with Crippen LogP contribution in [-0.2, 0) is 87.2 Å². The van der Waals surface area contributed by atoms with Crippen LogP contribution in [0.2, 0.25) is 15.1 Å². The quantitative estimate of drug-likeness (QED) is 0.0305. The Bertz CT molecular complexity index is 5870. The molecule has 8 aliphatic heterocycles. The maximum absolute atomic E-state index is 16.7. The average molecular weight is 2020 g/mol. The van der Waals surface area contributed by atoms with E-state index in [1.54, 1.807) is 32.9 Å². The number of nitrogens with two attached hydrogens (primary N) is 2. The van der Waals surface area contributed by atoms with Crippen molar-refractivity contribution in [3.05, 3.63) is 176 Å². The van der Waals surface area contributed by atoms with Crippen LogP contribution in [0.1, 0.15) is 131 Å². The highest BCUT2D eigenvalue weighted by molar-refractivity contribution is 7.70. The third-order valence-corrected chi connectivity index (χ3v) is 28.4. The maximum Gasteiger partial charge on any atom is 0.360 e. The van der Waals surface area contributed by atoms with Crippen LogP contribution in [0.25, 0.3) is 22.3 Å². The summed E-state index contributed by atoms with van der Waals surface area (Å²) in [5.74, 6) is -19.5. The number of carbonyl (C=O) groups is 9. The number of hydrogen-bond acceptors (Lipinski definition) is 32. The number of nitrogens with one attached hydrogen (secondary N) is 9. The fourth-order valence-corrected chi connectivity index (χ4v) is 19.7. The van der Waals surface area contributed by atoms with E-state index in [0.717, 1.165) is 77.4 Å². The highest BCUT2D eigenvalue weighted by atomic mass is 35.5. The van der Waals surface area contributed by atoms with Gasteiger partial charge in [-0.3, -0.25) is 47.5 Å². The fraction of sp³-hybridized carbons (Fsp3) is 0.427. The normalized spacial score (nSPS) is 28.3. The zero-order valence-corrected chi connectivity index (χ0v) is 78.5. The third-order valence-electron chi connectivity index (χ3n) is 24.2. The van der Waals surface area contributed by atoms with E-state index >= 15 is 28.8 Å². The van der Waals surface area contributed by atoms with Crippen molar-refractivity contribution in [2.75, 3.05) is 20.3 Å². The molecule has 0 radical (unpaired) electrons. The van der Waals surface area contributed by atoms with Gasteiger partial charge in [0.2, 0.25) is 58.9 Å². The number of esters is 1. The number of primary amides is 1. The zero-order valence-electron chi connectivity index (χ0n) is 74.4. The number of aromatic hydroxyl groups is 3. The Kier molecular flexibility index (Phi) is 32.3. The molecule has 0 saturated carbocycles. The topological polar surface area (TPSA) is 694 Å². The van der Waals surface area contributed by atoms with Gasteiger partial charge in [-0.25, -0.2) is 4.79 Å². The van der Waals surface area contributed by atoms with Crippen LogP contribution in [-0.4, -0.2) is 247 Å². The second kappa shape index (κ2) is 42.7. The van der Waals surface area contributed by atoms with E-state index in [1.165, 1.54) is 45.3 Å². The number of rotatable bonds is 24. The number of likely N-dealkylation sites (N-methyl/N-ethyl adjacent to an activating group) is 1. The maximum atomic E-state index is 16.7. The molecule has 3 fully saturated rings. The van der Waals surface area contributed by atoms with Crippen molar-refractivity contribution in [3.8, 4) is 68.2 Å². The SMILES string of the molecule is CNC(CC(C)C)C(=O)NC1C(=O)NC(CC(N)=O)C(=O)NC2C(=O)NC3C(=O)NC(C(=O)N[C@@H](C(=O)OCC(=O)NC(P(=O)(O)O)P(=O)(O)O)c4cc(O)cc(O)c4-c4cc3ccc4O)[C@H](OC3C[C@](C)(N)C(O)C(C)O3)c3ccc(c(Cl)c3)Oc3cc2cc(c3OC2OC(CO)C(O)C(O)C2OC2C[C@@](C)(NCc3ccc(-c4ccc(Cl)cc4)cc3)C(O)C(C)O2)Oc2ccc(cc2Cl)[C@@H]1O. The summed E-state index contributed by atoms with van der Waals surface area (Å²) < 4.78 is 82.8. The predicted octanol–water partition coefficient (Wildman–Crippen LogP) is 2.71. The Balaban J connectivity index is 1.02. The minimum Gasteiger partial charge on any atom is -0.508 e. The molecule has 744 valence electrons. The molecule has 8 aliphatic rings. The number of halogens is 3. The van der Waals surface area contributed by atoms with Gasteiger partial charge in [0, 0.05) is 58.2 Å². The van der Waals surface area contributed by atoms with Crippen molar-refractivity contribution >= 4 is 103 Å². The largest absolute Gasteiger partial charge is 0.508 e. The van der Waals surface area contributed by atoms with Gasteiger partial charge in [-0.2, -0.15) is 0 Å². The van der Waals surface area contributed by atoms with Crippen LogP contribution >= 0.6 is 50.0 Å². The van der Waals surface area contributed by atoms with E-state index in [-0.39, 0.29) is 36.4 Å². The molecule has 8 amide bonds. The van der Waals surface area contributed by atoms with Gasteiger partial charge in [-0.15, -0.1) is 0 Å². The number of aliphatic hydroxyl groups is 6. The summed E-state index contributed by atoms with van der Waals surface area (Å²) in [6, 6.07) is 12.3. The minimum atomic E-state index is -5.94. The average Bonchev–Trinajstić information content (AvgIpc) is 0.760. The summed E-state index contributed by atoms with van der Waals surface area (Å²) in [7, 11) is -10.4. The first kappa shape index (κ1) is 105. The second-order valence-corrected chi connectivity index (χ2v) is 40.2. The molecule has 49 heteroatoms. The van der Waals surface area contributed by atoms with Gasteiger partial charge in [0.25, 0.3) is 5.91 Å². The molecule has 0 spiro atoms. The molecule has 7 aromatic rings. The zero-order chi connectivity index (χ0) is 101. The summed E-state index contributed by atoms with van der Waals surface area (Å²) in [5.41, 5.74) is 5.16. The van der Waals surface area contributed by atoms with Crippen molar-refractivity contribution in [3.63, 3.8) is 0 Å². The number of phenolic OH excluding ortho intramolecular Hbond substituents is 3. The molecule has 15 rings (SSSR count). The van der Waals surface area contributed by atoms with Gasteiger partial charge in [0.05, 0.1) is 53.5 Å². The first-order valence-electron chi connectivity index (χ1n) is 43.1. The number of aliphatic hydroxyl groups excluding tert-OH is 6. The Morgan fingerprint density at radius 3 is 1.80 bits per heavy atom. The smallest absolute Gasteiger partial charge is 0.360 e. The van der Waals surface area contributed by atoms with Crippen LogP contribution in [0.4, 0.5) is 0 Å². The first-order valence-corrected chi connectivity index (χ1v) is 47.6. The lowest BCUT2D eigenvalue weighted by Gasteiger charge is -2.48. The number of phenols is 3. The Morgan fingerprint density at radius 2 is 1.21 bits per heavy atom. The highest BCUT2D eigenvalue weighted by Gasteiger charge is 2.54. The van der Waals surface area contributed by atoms with Crippen LogP contribution in [0.3, 0.4) is 0 Å². The molecule has 0 aliphatic carbocycles. The lowest BCUT2D eigenvalue weighted by molar-refractivity contribution is -0.334. The fourth-order valence-electron chi connectivity index (χ4n) is 16.9. The molecule has 0 aromatic heterocycles. The number of carbonyl (C=O) groups excluding carboxylic acids is 9. The van der Waals surface area contributed by atoms with Crippen molar-refractivity contribution in [1.82, 2.24) is 47.9 Å². The van der Waals surface area contributed by atoms with E-state index in [1.807, 2.05) is 36.4 Å². The molecule has 26 N–H and O–H groups in total. The first-order chi connectivity index (χ1) is 64.9. The van der Waals surface area contributed by atoms with E-state index in [2.05, 4.69) is 42.5 Å². The summed E-state index contributed by atoms with van der Waals surface area (Å²) in [5, 5.41) is 129. The summed E-state index contributed by atoms with van der Waals surface area (Å²) >= 11 is 20.9.